The average Bonchev–Trinajstić information content (AvgIpc) is 3.21. The lowest BCUT2D eigenvalue weighted by Gasteiger charge is -2.16. The molecule has 0 amide bonds. The number of esters is 1. The summed E-state index contributed by atoms with van der Waals surface area (Å²) in [5.41, 5.74) is 1.67. The monoisotopic (exact) mass is 340 g/mol. The number of para-hydroxylation sites is 1. The molecule has 2 heterocycles. The summed E-state index contributed by atoms with van der Waals surface area (Å²) < 4.78 is 27.7. The summed E-state index contributed by atoms with van der Waals surface area (Å²) in [6.45, 7) is 0. The topological polar surface area (TPSA) is 67.1 Å². The molecule has 6 heteroatoms. The number of ether oxygens (including phenoxy) is 4. The summed E-state index contributed by atoms with van der Waals surface area (Å²) in [7, 11) is 4.53. The molecule has 4 rings (SSSR count). The first-order chi connectivity index (χ1) is 12.2. The van der Waals surface area contributed by atoms with Crippen molar-refractivity contribution >= 4 is 16.9 Å². The van der Waals surface area contributed by atoms with Crippen molar-refractivity contribution in [3.63, 3.8) is 0 Å². The Kier molecular flexibility index (Phi) is 3.53. The van der Waals surface area contributed by atoms with Crippen LogP contribution in [0.25, 0.3) is 11.0 Å². The van der Waals surface area contributed by atoms with Crippen molar-refractivity contribution in [2.24, 2.45) is 0 Å². The molecule has 0 N–H and O–H groups in total. The lowest BCUT2D eigenvalue weighted by atomic mass is 10.0. The van der Waals surface area contributed by atoms with E-state index in [0.29, 0.717) is 34.1 Å². The number of benzene rings is 2. The van der Waals surface area contributed by atoms with Crippen LogP contribution in [0.3, 0.4) is 0 Å². The fraction of sp³-hybridized carbons (Fsp3) is 0.211. The Hall–Kier alpha value is -3.15. The third-order valence-corrected chi connectivity index (χ3v) is 4.28. The zero-order valence-electron chi connectivity index (χ0n) is 14.0. The zero-order chi connectivity index (χ0) is 17.6. The maximum Gasteiger partial charge on any atom is 0.339 e. The van der Waals surface area contributed by atoms with Gasteiger partial charge < -0.3 is 23.4 Å². The lowest BCUT2D eigenvalue weighted by molar-refractivity contribution is 0.0421. The van der Waals surface area contributed by atoms with Crippen molar-refractivity contribution in [3.8, 4) is 17.2 Å². The van der Waals surface area contributed by atoms with Gasteiger partial charge in [0.25, 0.3) is 0 Å². The van der Waals surface area contributed by atoms with Gasteiger partial charge in [0.2, 0.25) is 5.75 Å². The first kappa shape index (κ1) is 15.4. The van der Waals surface area contributed by atoms with Crippen LogP contribution in [0.15, 0.2) is 40.8 Å². The highest BCUT2D eigenvalue weighted by molar-refractivity contribution is 5.97. The van der Waals surface area contributed by atoms with Crippen LogP contribution in [-0.2, 0) is 4.74 Å². The third-order valence-electron chi connectivity index (χ3n) is 4.28. The number of hydrogen-bond acceptors (Lipinski definition) is 6. The minimum absolute atomic E-state index is 0.375. The van der Waals surface area contributed by atoms with Crippen LogP contribution < -0.4 is 14.2 Å². The summed E-state index contributed by atoms with van der Waals surface area (Å²) in [5.74, 6) is 1.27. The number of furan rings is 1. The first-order valence-corrected chi connectivity index (χ1v) is 7.70. The van der Waals surface area contributed by atoms with Crippen LogP contribution in [0.5, 0.6) is 17.2 Å². The van der Waals surface area contributed by atoms with E-state index in [0.717, 1.165) is 11.0 Å². The van der Waals surface area contributed by atoms with Crippen LogP contribution in [0, 0.1) is 0 Å². The molecule has 1 aromatic heterocycles. The van der Waals surface area contributed by atoms with Crippen molar-refractivity contribution < 1.29 is 28.2 Å². The molecule has 0 saturated carbocycles. The van der Waals surface area contributed by atoms with Gasteiger partial charge in [-0.05, 0) is 18.2 Å². The van der Waals surface area contributed by atoms with Gasteiger partial charge in [-0.2, -0.15) is 0 Å². The standard InChI is InChI=1S/C19H16O6/c1-21-13-9-11-15(18(23-3)17(13)22-2)16(25-19(11)20)14-8-10-6-4-5-7-12(10)24-14/h4-9,16H,1-3H3. The van der Waals surface area contributed by atoms with E-state index in [4.69, 9.17) is 23.4 Å². The largest absolute Gasteiger partial charge is 0.493 e. The molecule has 1 atom stereocenters. The Labute approximate surface area is 143 Å². The molecule has 1 aliphatic heterocycles. The Morgan fingerprint density at radius 3 is 2.40 bits per heavy atom. The molecule has 3 aromatic rings. The summed E-state index contributed by atoms with van der Waals surface area (Å²) in [6.07, 6.45) is -0.704. The molecule has 1 unspecified atom stereocenters. The fourth-order valence-corrected chi connectivity index (χ4v) is 3.17. The average molecular weight is 340 g/mol. The number of carbonyl (C=O) groups is 1. The van der Waals surface area contributed by atoms with Gasteiger partial charge in [-0.1, -0.05) is 18.2 Å². The SMILES string of the molecule is COc1cc2c(c(OC)c1OC)C(c1cc3ccccc3o1)OC2=O. The quantitative estimate of drug-likeness (QED) is 0.674. The van der Waals surface area contributed by atoms with Crippen LogP contribution in [0.4, 0.5) is 0 Å². The molecular formula is C19H16O6. The first-order valence-electron chi connectivity index (χ1n) is 7.70. The van der Waals surface area contributed by atoms with Gasteiger partial charge in [-0.3, -0.25) is 0 Å². The molecule has 0 saturated heterocycles. The van der Waals surface area contributed by atoms with Crippen molar-refractivity contribution in [2.75, 3.05) is 21.3 Å². The second kappa shape index (κ2) is 5.73. The lowest BCUT2D eigenvalue weighted by Crippen LogP contribution is -2.03. The Morgan fingerprint density at radius 2 is 1.72 bits per heavy atom. The maximum absolute atomic E-state index is 12.4. The molecule has 0 radical (unpaired) electrons. The highest BCUT2D eigenvalue weighted by Gasteiger charge is 2.40. The van der Waals surface area contributed by atoms with Crippen LogP contribution in [0.2, 0.25) is 0 Å². The Morgan fingerprint density at radius 1 is 0.960 bits per heavy atom. The predicted octanol–water partition coefficient (Wildman–Crippen LogP) is 3.72. The zero-order valence-corrected chi connectivity index (χ0v) is 14.0. The van der Waals surface area contributed by atoms with E-state index in [-0.39, 0.29) is 0 Å². The Balaban J connectivity index is 1.94. The normalized spacial score (nSPS) is 15.8. The van der Waals surface area contributed by atoms with Crippen LogP contribution >= 0.6 is 0 Å². The van der Waals surface area contributed by atoms with Gasteiger partial charge in [0.05, 0.1) is 32.5 Å². The number of methoxy groups -OCH3 is 3. The Bertz CT molecular complexity index is 938. The molecule has 0 bridgehead atoms. The summed E-state index contributed by atoms with van der Waals surface area (Å²) in [6, 6.07) is 11.1. The van der Waals surface area contributed by atoms with E-state index in [2.05, 4.69) is 0 Å². The molecule has 0 aliphatic carbocycles. The highest BCUT2D eigenvalue weighted by Crippen LogP contribution is 2.50. The predicted molar refractivity (Wildman–Crippen MR) is 89.6 cm³/mol. The molecule has 6 nitrogen and oxygen atoms in total. The number of cyclic esters (lactones) is 1. The van der Waals surface area contributed by atoms with Crippen molar-refractivity contribution in [1.29, 1.82) is 0 Å². The van der Waals surface area contributed by atoms with Crippen molar-refractivity contribution in [2.45, 2.75) is 6.10 Å². The molecule has 0 spiro atoms. The van der Waals surface area contributed by atoms with E-state index in [9.17, 15) is 4.79 Å². The van der Waals surface area contributed by atoms with Gasteiger partial charge in [0, 0.05) is 5.39 Å². The van der Waals surface area contributed by atoms with Crippen molar-refractivity contribution in [3.05, 3.63) is 53.3 Å². The minimum atomic E-state index is -0.704. The van der Waals surface area contributed by atoms with Gasteiger partial charge in [-0.15, -0.1) is 0 Å². The summed E-state index contributed by atoms with van der Waals surface area (Å²) in [4.78, 5) is 12.4. The minimum Gasteiger partial charge on any atom is -0.493 e. The maximum atomic E-state index is 12.4. The molecule has 2 aromatic carbocycles. The molecule has 1 aliphatic rings. The van der Waals surface area contributed by atoms with Crippen LogP contribution in [-0.4, -0.2) is 27.3 Å². The molecule has 0 fully saturated rings. The van der Waals surface area contributed by atoms with Crippen LogP contribution in [0.1, 0.15) is 27.8 Å². The summed E-state index contributed by atoms with van der Waals surface area (Å²) >= 11 is 0. The van der Waals surface area contributed by atoms with E-state index < -0.39 is 12.1 Å². The number of carbonyl (C=O) groups excluding carboxylic acids is 1. The third kappa shape index (κ3) is 2.21. The van der Waals surface area contributed by atoms with Crippen molar-refractivity contribution in [1.82, 2.24) is 0 Å². The van der Waals surface area contributed by atoms with Gasteiger partial charge in [0.1, 0.15) is 5.58 Å². The van der Waals surface area contributed by atoms with E-state index >= 15 is 0 Å². The van der Waals surface area contributed by atoms with Gasteiger partial charge in [0.15, 0.2) is 23.4 Å². The number of hydrogen-bond donors (Lipinski definition) is 0. The smallest absolute Gasteiger partial charge is 0.339 e. The molecular weight excluding hydrogens is 324 g/mol. The van der Waals surface area contributed by atoms with E-state index in [1.54, 1.807) is 6.07 Å². The second-order valence-electron chi connectivity index (χ2n) is 5.58. The summed E-state index contributed by atoms with van der Waals surface area (Å²) in [5, 5.41) is 0.932. The van der Waals surface area contributed by atoms with Gasteiger partial charge in [-0.25, -0.2) is 4.79 Å². The van der Waals surface area contributed by atoms with E-state index in [1.165, 1.54) is 21.3 Å². The van der Waals surface area contributed by atoms with Gasteiger partial charge >= 0.3 is 5.97 Å². The molecule has 25 heavy (non-hydrogen) atoms. The number of fused-ring (bicyclic) bond motifs is 2. The second-order valence-corrected chi connectivity index (χ2v) is 5.58. The fourth-order valence-electron chi connectivity index (χ4n) is 3.17. The molecule has 128 valence electrons. The van der Waals surface area contributed by atoms with E-state index in [1.807, 2.05) is 30.3 Å². The number of rotatable bonds is 4. The highest BCUT2D eigenvalue weighted by atomic mass is 16.6.